The number of nitrogens with one attached hydrogen (secondary N) is 1. The van der Waals surface area contributed by atoms with Crippen molar-refractivity contribution in [2.75, 3.05) is 19.6 Å². The van der Waals surface area contributed by atoms with E-state index in [1.807, 2.05) is 41.8 Å². The van der Waals surface area contributed by atoms with Crippen molar-refractivity contribution >= 4 is 28.8 Å². The lowest BCUT2D eigenvalue weighted by Crippen LogP contribution is -2.40. The maximum atomic E-state index is 12.6. The SMILES string of the molecule is O=C(NCC(c1ccc(Cl)cc1)N1CCCCC1)c1cc(-c2cccs2)on1. The number of thiophene rings is 1. The summed E-state index contributed by atoms with van der Waals surface area (Å²) < 4.78 is 5.33. The van der Waals surface area contributed by atoms with Crippen LogP contribution in [0.1, 0.15) is 41.4 Å². The van der Waals surface area contributed by atoms with Gasteiger partial charge in [-0.25, -0.2) is 0 Å². The van der Waals surface area contributed by atoms with Crippen LogP contribution in [0.25, 0.3) is 10.6 Å². The van der Waals surface area contributed by atoms with Crippen LogP contribution in [0, 0.1) is 0 Å². The quantitative estimate of drug-likeness (QED) is 0.614. The molecule has 2 aromatic heterocycles. The van der Waals surface area contributed by atoms with Gasteiger partial charge in [-0.1, -0.05) is 41.4 Å². The second-order valence-electron chi connectivity index (χ2n) is 6.93. The number of hydrogen-bond acceptors (Lipinski definition) is 5. The molecule has 0 spiro atoms. The summed E-state index contributed by atoms with van der Waals surface area (Å²) in [4.78, 5) is 16.0. The van der Waals surface area contributed by atoms with Gasteiger partial charge in [-0.15, -0.1) is 11.3 Å². The predicted molar refractivity (Wildman–Crippen MR) is 112 cm³/mol. The van der Waals surface area contributed by atoms with E-state index in [1.54, 1.807) is 17.4 Å². The van der Waals surface area contributed by atoms with Gasteiger partial charge in [0.25, 0.3) is 5.91 Å². The van der Waals surface area contributed by atoms with Gasteiger partial charge in [0.1, 0.15) is 0 Å². The lowest BCUT2D eigenvalue weighted by molar-refractivity contribution is 0.0915. The molecule has 0 bridgehead atoms. The van der Waals surface area contributed by atoms with Gasteiger partial charge in [0.2, 0.25) is 0 Å². The van der Waals surface area contributed by atoms with E-state index in [4.69, 9.17) is 16.1 Å². The average Bonchev–Trinajstić information content (AvgIpc) is 3.42. The fraction of sp³-hybridized carbons (Fsp3) is 0.333. The summed E-state index contributed by atoms with van der Waals surface area (Å²) in [6.07, 6.45) is 3.64. The van der Waals surface area contributed by atoms with E-state index in [0.29, 0.717) is 23.0 Å². The summed E-state index contributed by atoms with van der Waals surface area (Å²) in [6.45, 7) is 2.59. The minimum Gasteiger partial charge on any atom is -0.355 e. The van der Waals surface area contributed by atoms with E-state index in [0.717, 1.165) is 23.5 Å². The molecule has 146 valence electrons. The fourth-order valence-electron chi connectivity index (χ4n) is 3.57. The Kier molecular flexibility index (Phi) is 6.10. The third-order valence-electron chi connectivity index (χ3n) is 5.05. The highest BCUT2D eigenvalue weighted by Crippen LogP contribution is 2.27. The number of nitrogens with zero attached hydrogens (tertiary/aromatic N) is 2. The van der Waals surface area contributed by atoms with Crippen molar-refractivity contribution in [3.05, 3.63) is 64.1 Å². The lowest BCUT2D eigenvalue weighted by Gasteiger charge is -2.35. The van der Waals surface area contributed by atoms with Gasteiger partial charge in [-0.3, -0.25) is 9.69 Å². The van der Waals surface area contributed by atoms with Crippen molar-refractivity contribution in [3.8, 4) is 10.6 Å². The molecule has 4 rings (SSSR count). The number of carbonyl (C=O) groups is 1. The Hall–Kier alpha value is -2.15. The van der Waals surface area contributed by atoms with Gasteiger partial charge in [0, 0.05) is 17.6 Å². The average molecular weight is 416 g/mol. The Morgan fingerprint density at radius 1 is 1.21 bits per heavy atom. The van der Waals surface area contributed by atoms with Crippen LogP contribution in [-0.2, 0) is 0 Å². The summed E-state index contributed by atoms with van der Waals surface area (Å²) >= 11 is 7.61. The molecule has 3 heterocycles. The third-order valence-corrected chi connectivity index (χ3v) is 6.19. The molecule has 1 fully saturated rings. The monoisotopic (exact) mass is 415 g/mol. The predicted octanol–water partition coefficient (Wildman–Crippen LogP) is 5.01. The molecule has 1 unspecified atom stereocenters. The number of rotatable bonds is 6. The number of carbonyl (C=O) groups excluding carboxylic acids is 1. The summed E-state index contributed by atoms with van der Waals surface area (Å²) in [7, 11) is 0. The van der Waals surface area contributed by atoms with Crippen LogP contribution in [0.5, 0.6) is 0 Å². The molecule has 7 heteroatoms. The number of benzene rings is 1. The summed E-state index contributed by atoms with van der Waals surface area (Å²) in [5.41, 5.74) is 1.46. The molecule has 1 aliphatic heterocycles. The highest BCUT2D eigenvalue weighted by molar-refractivity contribution is 7.13. The van der Waals surface area contributed by atoms with Gasteiger partial charge >= 0.3 is 0 Å². The number of halogens is 1. The van der Waals surface area contributed by atoms with E-state index in [-0.39, 0.29) is 11.9 Å². The van der Waals surface area contributed by atoms with Gasteiger partial charge < -0.3 is 9.84 Å². The molecule has 1 saturated heterocycles. The molecular formula is C21H22ClN3O2S. The summed E-state index contributed by atoms with van der Waals surface area (Å²) in [5.74, 6) is 0.396. The molecule has 0 radical (unpaired) electrons. The number of piperidine rings is 1. The van der Waals surface area contributed by atoms with Gasteiger partial charge in [0.05, 0.1) is 10.9 Å². The second kappa shape index (κ2) is 8.90. The Labute approximate surface area is 173 Å². The Morgan fingerprint density at radius 3 is 2.71 bits per heavy atom. The zero-order valence-electron chi connectivity index (χ0n) is 15.4. The Balaban J connectivity index is 1.46. The van der Waals surface area contributed by atoms with E-state index < -0.39 is 0 Å². The van der Waals surface area contributed by atoms with E-state index in [9.17, 15) is 4.79 Å². The second-order valence-corrected chi connectivity index (χ2v) is 8.31. The minimum absolute atomic E-state index is 0.116. The zero-order chi connectivity index (χ0) is 19.3. The number of amides is 1. The van der Waals surface area contributed by atoms with Gasteiger partial charge in [-0.2, -0.15) is 0 Å². The maximum Gasteiger partial charge on any atom is 0.273 e. The van der Waals surface area contributed by atoms with Crippen LogP contribution >= 0.6 is 22.9 Å². The van der Waals surface area contributed by atoms with Crippen molar-refractivity contribution in [1.82, 2.24) is 15.4 Å². The number of aromatic nitrogens is 1. The van der Waals surface area contributed by atoms with Crippen LogP contribution in [0.4, 0.5) is 0 Å². The summed E-state index contributed by atoms with van der Waals surface area (Å²) in [6, 6.07) is 13.6. The molecule has 28 heavy (non-hydrogen) atoms. The van der Waals surface area contributed by atoms with E-state index in [1.165, 1.54) is 19.3 Å². The third kappa shape index (κ3) is 4.46. The molecule has 1 N–H and O–H groups in total. The zero-order valence-corrected chi connectivity index (χ0v) is 17.0. The first-order chi connectivity index (χ1) is 13.7. The number of hydrogen-bond donors (Lipinski definition) is 1. The molecule has 5 nitrogen and oxygen atoms in total. The fourth-order valence-corrected chi connectivity index (χ4v) is 4.37. The molecule has 1 amide bonds. The van der Waals surface area contributed by atoms with Crippen LogP contribution in [-0.4, -0.2) is 35.6 Å². The lowest BCUT2D eigenvalue weighted by atomic mass is 10.0. The molecule has 3 aromatic rings. The highest BCUT2D eigenvalue weighted by atomic mass is 35.5. The first-order valence-corrected chi connectivity index (χ1v) is 10.7. The maximum absolute atomic E-state index is 12.6. The molecule has 1 atom stereocenters. The smallest absolute Gasteiger partial charge is 0.273 e. The van der Waals surface area contributed by atoms with Crippen LogP contribution in [0.3, 0.4) is 0 Å². The highest BCUT2D eigenvalue weighted by Gasteiger charge is 2.24. The Bertz CT molecular complexity index is 902. The normalized spacial score (nSPS) is 16.0. The van der Waals surface area contributed by atoms with Crippen LogP contribution < -0.4 is 5.32 Å². The van der Waals surface area contributed by atoms with Crippen LogP contribution in [0.2, 0.25) is 5.02 Å². The molecule has 0 aliphatic carbocycles. The first kappa shape index (κ1) is 19.2. The minimum atomic E-state index is -0.220. The molecule has 1 aliphatic rings. The summed E-state index contributed by atoms with van der Waals surface area (Å²) in [5, 5.41) is 9.65. The van der Waals surface area contributed by atoms with Crippen molar-refractivity contribution < 1.29 is 9.32 Å². The van der Waals surface area contributed by atoms with Gasteiger partial charge in [0.15, 0.2) is 11.5 Å². The number of likely N-dealkylation sites (tertiary alicyclic amines) is 1. The van der Waals surface area contributed by atoms with Crippen molar-refractivity contribution in [2.24, 2.45) is 0 Å². The standard InChI is InChI=1S/C21H22ClN3O2S/c22-16-8-6-15(7-9-16)18(25-10-2-1-3-11-25)14-23-21(26)17-13-19(27-24-17)20-5-4-12-28-20/h4-9,12-13,18H,1-3,10-11,14H2,(H,23,26). The topological polar surface area (TPSA) is 58.4 Å². The van der Waals surface area contributed by atoms with E-state index in [2.05, 4.69) is 15.4 Å². The molecular weight excluding hydrogens is 394 g/mol. The largest absolute Gasteiger partial charge is 0.355 e. The van der Waals surface area contributed by atoms with E-state index >= 15 is 0 Å². The molecule has 0 saturated carbocycles. The van der Waals surface area contributed by atoms with Crippen molar-refractivity contribution in [3.63, 3.8) is 0 Å². The van der Waals surface area contributed by atoms with Crippen molar-refractivity contribution in [2.45, 2.75) is 25.3 Å². The molecule has 1 aromatic carbocycles. The van der Waals surface area contributed by atoms with Gasteiger partial charge in [-0.05, 0) is 55.1 Å². The van der Waals surface area contributed by atoms with Crippen LogP contribution in [0.15, 0.2) is 52.4 Å². The first-order valence-electron chi connectivity index (χ1n) is 9.49. The Morgan fingerprint density at radius 2 is 2.00 bits per heavy atom. The van der Waals surface area contributed by atoms with Crippen molar-refractivity contribution in [1.29, 1.82) is 0 Å².